The van der Waals surface area contributed by atoms with Gasteiger partial charge in [-0.05, 0) is 44.8 Å². The van der Waals surface area contributed by atoms with Crippen LogP contribution in [0.3, 0.4) is 0 Å². The molecule has 1 rings (SSSR count). The van der Waals surface area contributed by atoms with Gasteiger partial charge in [0.25, 0.3) is 0 Å². The molecule has 1 aromatic rings. The Morgan fingerprint density at radius 3 is 2.73 bits per heavy atom. The number of furan rings is 1. The lowest BCUT2D eigenvalue weighted by Crippen LogP contribution is -2.28. The van der Waals surface area contributed by atoms with E-state index < -0.39 is 0 Å². The van der Waals surface area contributed by atoms with Gasteiger partial charge in [-0.1, -0.05) is 12.2 Å². The topological polar surface area (TPSA) is 51.2 Å². The zero-order valence-corrected chi connectivity index (χ0v) is 11.7. The first-order valence-corrected chi connectivity index (χ1v) is 6.15. The van der Waals surface area contributed by atoms with Gasteiger partial charge in [0, 0.05) is 13.1 Å². The monoisotopic (exact) mass is 336 g/mol. The maximum absolute atomic E-state index is 5.67. The SMILES string of the molecule is C=C(C)CNC(CN)c1cc(Br)c(Br)o1. The van der Waals surface area contributed by atoms with Crippen LogP contribution in [0.1, 0.15) is 18.7 Å². The highest BCUT2D eigenvalue weighted by Crippen LogP contribution is 2.29. The molecule has 1 unspecified atom stereocenters. The molecule has 0 amide bonds. The van der Waals surface area contributed by atoms with Gasteiger partial charge in [0.05, 0.1) is 10.5 Å². The molecule has 0 aliphatic rings. The molecule has 0 spiro atoms. The molecule has 1 atom stereocenters. The van der Waals surface area contributed by atoms with Crippen molar-refractivity contribution in [3.05, 3.63) is 33.1 Å². The molecular formula is C10H14Br2N2O. The van der Waals surface area contributed by atoms with Crippen molar-refractivity contribution in [1.82, 2.24) is 5.32 Å². The largest absolute Gasteiger partial charge is 0.451 e. The molecule has 0 fully saturated rings. The van der Waals surface area contributed by atoms with Crippen LogP contribution < -0.4 is 11.1 Å². The molecule has 0 aliphatic heterocycles. The summed E-state index contributed by atoms with van der Waals surface area (Å²) in [6.45, 7) is 7.01. The van der Waals surface area contributed by atoms with Crippen molar-refractivity contribution in [2.24, 2.45) is 5.73 Å². The van der Waals surface area contributed by atoms with Crippen molar-refractivity contribution in [2.45, 2.75) is 13.0 Å². The van der Waals surface area contributed by atoms with Crippen LogP contribution in [0.15, 0.2) is 31.8 Å². The van der Waals surface area contributed by atoms with Crippen molar-refractivity contribution in [3.63, 3.8) is 0 Å². The summed E-state index contributed by atoms with van der Waals surface area (Å²) in [6.07, 6.45) is 0. The number of nitrogens with two attached hydrogens (primary N) is 1. The summed E-state index contributed by atoms with van der Waals surface area (Å²) in [5.41, 5.74) is 6.74. The Morgan fingerprint density at radius 1 is 1.67 bits per heavy atom. The van der Waals surface area contributed by atoms with Crippen LogP contribution in [0.25, 0.3) is 0 Å². The average Bonchev–Trinajstić information content (AvgIpc) is 2.47. The van der Waals surface area contributed by atoms with E-state index in [0.717, 1.165) is 22.4 Å². The Bertz CT molecular complexity index is 330. The van der Waals surface area contributed by atoms with Gasteiger partial charge in [-0.3, -0.25) is 0 Å². The number of nitrogens with one attached hydrogen (secondary N) is 1. The Morgan fingerprint density at radius 2 is 2.33 bits per heavy atom. The molecule has 15 heavy (non-hydrogen) atoms. The third-order valence-corrected chi connectivity index (χ3v) is 3.60. The predicted octanol–water partition coefficient (Wildman–Crippen LogP) is 2.97. The third-order valence-electron chi connectivity index (χ3n) is 1.89. The maximum Gasteiger partial charge on any atom is 0.183 e. The van der Waals surface area contributed by atoms with Gasteiger partial charge in [0.15, 0.2) is 4.67 Å². The van der Waals surface area contributed by atoms with E-state index in [0.29, 0.717) is 11.2 Å². The molecule has 1 heterocycles. The number of hydrogen-bond donors (Lipinski definition) is 2. The highest BCUT2D eigenvalue weighted by Gasteiger charge is 2.15. The van der Waals surface area contributed by atoms with Gasteiger partial charge < -0.3 is 15.5 Å². The highest BCUT2D eigenvalue weighted by atomic mass is 79.9. The van der Waals surface area contributed by atoms with Crippen LogP contribution in [0.4, 0.5) is 0 Å². The molecule has 0 saturated carbocycles. The van der Waals surface area contributed by atoms with Gasteiger partial charge in [-0.2, -0.15) is 0 Å². The van der Waals surface area contributed by atoms with Gasteiger partial charge in [0.2, 0.25) is 0 Å². The fraction of sp³-hybridized carbons (Fsp3) is 0.400. The summed E-state index contributed by atoms with van der Waals surface area (Å²) in [7, 11) is 0. The number of rotatable bonds is 5. The molecule has 0 bridgehead atoms. The highest BCUT2D eigenvalue weighted by molar-refractivity contribution is 9.13. The summed E-state index contributed by atoms with van der Waals surface area (Å²) in [6, 6.07) is 1.93. The predicted molar refractivity (Wildman–Crippen MR) is 68.7 cm³/mol. The minimum atomic E-state index is 0.0179. The second-order valence-electron chi connectivity index (χ2n) is 3.40. The third kappa shape index (κ3) is 3.75. The molecule has 84 valence electrons. The maximum atomic E-state index is 5.67. The number of hydrogen-bond acceptors (Lipinski definition) is 3. The van der Waals surface area contributed by atoms with Crippen LogP contribution in [-0.2, 0) is 0 Å². The van der Waals surface area contributed by atoms with Crippen LogP contribution in [0, 0.1) is 0 Å². The van der Waals surface area contributed by atoms with E-state index in [1.807, 2.05) is 13.0 Å². The van der Waals surface area contributed by atoms with E-state index in [1.54, 1.807) is 0 Å². The molecule has 1 aromatic heterocycles. The summed E-state index contributed by atoms with van der Waals surface area (Å²) in [5.74, 6) is 0.817. The Labute approximate surface area is 106 Å². The smallest absolute Gasteiger partial charge is 0.183 e. The second kappa shape index (κ2) is 5.84. The molecule has 0 radical (unpaired) electrons. The Kier molecular flexibility index (Phi) is 5.05. The standard InChI is InChI=1S/C10H14Br2N2O/c1-6(2)5-14-8(4-13)9-3-7(11)10(12)15-9/h3,8,14H,1,4-5,13H2,2H3. The first-order valence-electron chi connectivity index (χ1n) is 4.57. The van der Waals surface area contributed by atoms with E-state index in [2.05, 4.69) is 43.8 Å². The molecule has 3 N–H and O–H groups in total. The van der Waals surface area contributed by atoms with Crippen molar-refractivity contribution in [2.75, 3.05) is 13.1 Å². The first kappa shape index (κ1) is 13.0. The second-order valence-corrected chi connectivity index (χ2v) is 4.97. The average molecular weight is 338 g/mol. The van der Waals surface area contributed by atoms with Crippen LogP contribution in [-0.4, -0.2) is 13.1 Å². The Balaban J connectivity index is 2.69. The van der Waals surface area contributed by atoms with Gasteiger partial charge in [-0.25, -0.2) is 0 Å². The molecule has 0 aliphatic carbocycles. The summed E-state index contributed by atoms with van der Waals surface area (Å²) >= 11 is 6.66. The van der Waals surface area contributed by atoms with Crippen molar-refractivity contribution in [1.29, 1.82) is 0 Å². The van der Waals surface area contributed by atoms with Gasteiger partial charge in [0.1, 0.15) is 5.76 Å². The van der Waals surface area contributed by atoms with Crippen LogP contribution in [0.5, 0.6) is 0 Å². The fourth-order valence-electron chi connectivity index (χ4n) is 1.13. The van der Waals surface area contributed by atoms with Crippen molar-refractivity contribution < 1.29 is 4.42 Å². The molecule has 3 nitrogen and oxygen atoms in total. The quantitative estimate of drug-likeness (QED) is 0.812. The van der Waals surface area contributed by atoms with E-state index in [9.17, 15) is 0 Å². The van der Waals surface area contributed by atoms with E-state index in [4.69, 9.17) is 10.2 Å². The lowest BCUT2D eigenvalue weighted by Gasteiger charge is -2.13. The normalized spacial score (nSPS) is 12.8. The first-order chi connectivity index (χ1) is 7.04. The molecular weight excluding hydrogens is 324 g/mol. The molecule has 0 saturated heterocycles. The van der Waals surface area contributed by atoms with Crippen LogP contribution in [0.2, 0.25) is 0 Å². The summed E-state index contributed by atoms with van der Waals surface area (Å²) < 4.78 is 7.08. The van der Waals surface area contributed by atoms with Crippen molar-refractivity contribution in [3.8, 4) is 0 Å². The van der Waals surface area contributed by atoms with Crippen molar-refractivity contribution >= 4 is 31.9 Å². The number of halogens is 2. The van der Waals surface area contributed by atoms with Crippen LogP contribution >= 0.6 is 31.9 Å². The van der Waals surface area contributed by atoms with Gasteiger partial charge in [-0.15, -0.1) is 0 Å². The zero-order valence-electron chi connectivity index (χ0n) is 8.52. The lowest BCUT2D eigenvalue weighted by molar-refractivity contribution is 0.413. The summed E-state index contributed by atoms with van der Waals surface area (Å²) in [5, 5.41) is 3.27. The fourth-order valence-corrected chi connectivity index (χ4v) is 1.74. The van der Waals surface area contributed by atoms with Gasteiger partial charge >= 0.3 is 0 Å². The van der Waals surface area contributed by atoms with E-state index in [1.165, 1.54) is 0 Å². The lowest BCUT2D eigenvalue weighted by atomic mass is 10.2. The summed E-state index contributed by atoms with van der Waals surface area (Å²) in [4.78, 5) is 0. The van der Waals surface area contributed by atoms with E-state index >= 15 is 0 Å². The molecule has 5 heteroatoms. The molecule has 0 aromatic carbocycles. The van der Waals surface area contributed by atoms with E-state index in [-0.39, 0.29) is 6.04 Å². The zero-order chi connectivity index (χ0) is 11.4. The Hall–Kier alpha value is -0.100. The minimum Gasteiger partial charge on any atom is -0.451 e. The minimum absolute atomic E-state index is 0.0179.